The lowest BCUT2D eigenvalue weighted by Gasteiger charge is -2.03. The average molecular weight is 256 g/mol. The van der Waals surface area contributed by atoms with Crippen LogP contribution in [0.25, 0.3) is 10.9 Å². The molecule has 1 aromatic heterocycles. The zero-order valence-corrected chi connectivity index (χ0v) is 9.84. The Bertz CT molecular complexity index is 569. The largest absolute Gasteiger partial charge is 0.464 e. The van der Waals surface area contributed by atoms with Gasteiger partial charge in [-0.2, -0.15) is 0 Å². The molecule has 0 N–H and O–H groups in total. The van der Waals surface area contributed by atoms with Gasteiger partial charge in [-0.05, 0) is 24.3 Å². The Morgan fingerprint density at radius 1 is 1.31 bits per heavy atom. The highest BCUT2D eigenvalue weighted by Crippen LogP contribution is 2.26. The molecule has 2 rings (SSSR count). The molecule has 5 heteroatoms. The zero-order chi connectivity index (χ0) is 11.7. The van der Waals surface area contributed by atoms with Gasteiger partial charge in [-0.25, -0.2) is 9.78 Å². The highest BCUT2D eigenvalue weighted by atomic mass is 35.5. The molecule has 0 amide bonds. The van der Waals surface area contributed by atoms with Crippen LogP contribution >= 0.6 is 23.2 Å². The topological polar surface area (TPSA) is 39.2 Å². The maximum atomic E-state index is 11.3. The van der Waals surface area contributed by atoms with Crippen molar-refractivity contribution >= 4 is 40.1 Å². The number of fused-ring (bicyclic) bond motifs is 1. The lowest BCUT2D eigenvalue weighted by atomic mass is 10.2. The van der Waals surface area contributed by atoms with Crippen LogP contribution in [0.5, 0.6) is 0 Å². The van der Waals surface area contributed by atoms with E-state index in [4.69, 9.17) is 23.2 Å². The van der Waals surface area contributed by atoms with Crippen molar-refractivity contribution in [3.05, 3.63) is 40.0 Å². The molecule has 0 aliphatic carbocycles. The molecule has 0 aliphatic heterocycles. The van der Waals surface area contributed by atoms with Gasteiger partial charge < -0.3 is 4.74 Å². The minimum absolute atomic E-state index is 0.230. The van der Waals surface area contributed by atoms with Crippen molar-refractivity contribution in [2.45, 2.75) is 0 Å². The van der Waals surface area contributed by atoms with Gasteiger partial charge in [-0.3, -0.25) is 0 Å². The number of carbonyl (C=O) groups excluding carboxylic acids is 1. The third-order valence-corrected chi connectivity index (χ3v) is 2.65. The molecular weight excluding hydrogens is 249 g/mol. The molecule has 0 saturated carbocycles. The van der Waals surface area contributed by atoms with Crippen molar-refractivity contribution in [3.8, 4) is 0 Å². The zero-order valence-electron chi connectivity index (χ0n) is 8.33. The maximum absolute atomic E-state index is 11.3. The van der Waals surface area contributed by atoms with Crippen LogP contribution in [0.1, 0.15) is 10.5 Å². The number of carbonyl (C=O) groups is 1. The fraction of sp³-hybridized carbons (Fsp3) is 0.0909. The molecule has 2 aromatic rings. The predicted molar refractivity (Wildman–Crippen MR) is 63.1 cm³/mol. The highest BCUT2D eigenvalue weighted by Gasteiger charge is 2.09. The average Bonchev–Trinajstić information content (AvgIpc) is 2.27. The van der Waals surface area contributed by atoms with Gasteiger partial charge in [-0.15, -0.1) is 0 Å². The first-order chi connectivity index (χ1) is 7.61. The van der Waals surface area contributed by atoms with Crippen LogP contribution in [0.2, 0.25) is 10.0 Å². The molecule has 0 fully saturated rings. The lowest BCUT2D eigenvalue weighted by Crippen LogP contribution is -2.03. The normalized spacial score (nSPS) is 10.4. The van der Waals surface area contributed by atoms with Crippen LogP contribution < -0.4 is 0 Å². The second kappa shape index (κ2) is 4.28. The summed E-state index contributed by atoms with van der Waals surface area (Å²) in [4.78, 5) is 15.4. The fourth-order valence-electron chi connectivity index (χ4n) is 1.38. The van der Waals surface area contributed by atoms with Gasteiger partial charge in [0.15, 0.2) is 0 Å². The summed E-state index contributed by atoms with van der Waals surface area (Å²) in [5, 5.41) is 1.73. The number of ether oxygens (including phenoxy) is 1. The van der Waals surface area contributed by atoms with Gasteiger partial charge in [0.25, 0.3) is 0 Å². The monoisotopic (exact) mass is 255 g/mol. The summed E-state index contributed by atoms with van der Waals surface area (Å²) in [7, 11) is 1.30. The van der Waals surface area contributed by atoms with E-state index in [0.717, 1.165) is 5.39 Å². The van der Waals surface area contributed by atoms with Crippen molar-refractivity contribution in [1.29, 1.82) is 0 Å². The van der Waals surface area contributed by atoms with Crippen molar-refractivity contribution in [1.82, 2.24) is 4.98 Å². The summed E-state index contributed by atoms with van der Waals surface area (Å²) in [5.41, 5.74) is 0.800. The van der Waals surface area contributed by atoms with E-state index in [9.17, 15) is 4.79 Å². The fourth-order valence-corrected chi connectivity index (χ4v) is 1.92. The van der Waals surface area contributed by atoms with Crippen LogP contribution in [-0.2, 0) is 4.74 Å². The summed E-state index contributed by atoms with van der Waals surface area (Å²) in [6, 6.07) is 6.56. The second-order valence-corrected chi connectivity index (χ2v) is 3.99. The molecule has 0 bridgehead atoms. The molecule has 0 atom stereocenters. The molecule has 0 radical (unpaired) electrons. The summed E-state index contributed by atoms with van der Waals surface area (Å²) in [6.45, 7) is 0. The third-order valence-electron chi connectivity index (χ3n) is 2.12. The molecule has 82 valence electrons. The van der Waals surface area contributed by atoms with E-state index in [1.807, 2.05) is 0 Å². The van der Waals surface area contributed by atoms with Gasteiger partial charge in [0.2, 0.25) is 0 Å². The van der Waals surface area contributed by atoms with E-state index in [1.54, 1.807) is 24.3 Å². The van der Waals surface area contributed by atoms with Crippen molar-refractivity contribution in [3.63, 3.8) is 0 Å². The van der Waals surface area contributed by atoms with E-state index >= 15 is 0 Å². The minimum atomic E-state index is -0.488. The highest BCUT2D eigenvalue weighted by molar-refractivity contribution is 6.38. The first kappa shape index (κ1) is 11.2. The van der Waals surface area contributed by atoms with E-state index < -0.39 is 5.97 Å². The number of esters is 1. The Balaban J connectivity index is 2.66. The number of nitrogens with zero attached hydrogens (tertiary/aromatic N) is 1. The molecule has 3 nitrogen and oxygen atoms in total. The van der Waals surface area contributed by atoms with E-state index in [-0.39, 0.29) is 5.69 Å². The summed E-state index contributed by atoms with van der Waals surface area (Å²) in [6.07, 6.45) is 0. The van der Waals surface area contributed by atoms with Gasteiger partial charge in [0.05, 0.1) is 17.6 Å². The van der Waals surface area contributed by atoms with Crippen LogP contribution in [0.4, 0.5) is 0 Å². The third kappa shape index (κ3) is 1.96. The van der Waals surface area contributed by atoms with Gasteiger partial charge in [0, 0.05) is 10.4 Å². The number of methoxy groups -OCH3 is 1. The Kier molecular flexibility index (Phi) is 2.99. The Labute approximate surface area is 102 Å². The van der Waals surface area contributed by atoms with E-state index in [1.165, 1.54) is 7.11 Å². The number of hydrogen-bond donors (Lipinski definition) is 0. The molecule has 0 aliphatic rings. The predicted octanol–water partition coefficient (Wildman–Crippen LogP) is 3.33. The molecule has 16 heavy (non-hydrogen) atoms. The number of aromatic nitrogens is 1. The minimum Gasteiger partial charge on any atom is -0.464 e. The molecule has 0 unspecified atom stereocenters. The van der Waals surface area contributed by atoms with Crippen LogP contribution in [-0.4, -0.2) is 18.1 Å². The van der Waals surface area contributed by atoms with Crippen LogP contribution in [0.15, 0.2) is 24.3 Å². The quantitative estimate of drug-likeness (QED) is 0.734. The van der Waals surface area contributed by atoms with Crippen molar-refractivity contribution in [2.75, 3.05) is 7.11 Å². The Hall–Kier alpha value is -1.32. The van der Waals surface area contributed by atoms with Gasteiger partial charge in [0.1, 0.15) is 5.69 Å². The summed E-state index contributed by atoms with van der Waals surface area (Å²) >= 11 is 11.8. The molecule has 1 aromatic carbocycles. The summed E-state index contributed by atoms with van der Waals surface area (Å²) < 4.78 is 4.58. The van der Waals surface area contributed by atoms with E-state index in [2.05, 4.69) is 9.72 Å². The molecule has 0 saturated heterocycles. The standard InChI is InChI=1S/C11H7Cl2NO2/c1-16-11(15)9-3-2-7-8(13)4-6(12)5-10(7)14-9/h2-5H,1H3. The number of halogens is 2. The lowest BCUT2D eigenvalue weighted by molar-refractivity contribution is 0.0594. The molecular formula is C11H7Cl2NO2. The molecule has 1 heterocycles. The number of pyridine rings is 1. The first-order valence-electron chi connectivity index (χ1n) is 4.46. The smallest absolute Gasteiger partial charge is 0.356 e. The molecule has 0 spiro atoms. The first-order valence-corrected chi connectivity index (χ1v) is 5.21. The second-order valence-electron chi connectivity index (χ2n) is 3.14. The van der Waals surface area contributed by atoms with E-state index in [0.29, 0.717) is 15.6 Å². The summed E-state index contributed by atoms with van der Waals surface area (Å²) in [5.74, 6) is -0.488. The number of hydrogen-bond acceptors (Lipinski definition) is 3. The van der Waals surface area contributed by atoms with Crippen LogP contribution in [0.3, 0.4) is 0 Å². The number of benzene rings is 1. The Morgan fingerprint density at radius 3 is 2.75 bits per heavy atom. The Morgan fingerprint density at radius 2 is 2.06 bits per heavy atom. The maximum Gasteiger partial charge on any atom is 0.356 e. The van der Waals surface area contributed by atoms with Crippen molar-refractivity contribution < 1.29 is 9.53 Å². The van der Waals surface area contributed by atoms with Gasteiger partial charge >= 0.3 is 5.97 Å². The van der Waals surface area contributed by atoms with Gasteiger partial charge in [-0.1, -0.05) is 23.2 Å². The van der Waals surface area contributed by atoms with Crippen molar-refractivity contribution in [2.24, 2.45) is 0 Å². The number of rotatable bonds is 1. The SMILES string of the molecule is COC(=O)c1ccc2c(Cl)cc(Cl)cc2n1. The van der Waals surface area contributed by atoms with Crippen LogP contribution in [0, 0.1) is 0 Å².